The van der Waals surface area contributed by atoms with E-state index in [1.165, 1.54) is 25.3 Å². The van der Waals surface area contributed by atoms with Gasteiger partial charge in [0.2, 0.25) is 0 Å². The second-order valence-corrected chi connectivity index (χ2v) is 7.91. The number of imide groups is 2. The molecule has 0 aliphatic carbocycles. The third kappa shape index (κ3) is 4.94. The predicted molar refractivity (Wildman–Crippen MR) is 117 cm³/mol. The first-order valence-electron chi connectivity index (χ1n) is 8.60. The third-order valence-corrected chi connectivity index (χ3v) is 5.34. The van der Waals surface area contributed by atoms with Gasteiger partial charge in [-0.15, -0.1) is 0 Å². The molecule has 31 heavy (non-hydrogen) atoms. The van der Waals surface area contributed by atoms with Crippen molar-refractivity contribution in [2.75, 3.05) is 18.6 Å². The Bertz CT molecular complexity index is 1110. The monoisotopic (exact) mass is 552 g/mol. The van der Waals surface area contributed by atoms with Crippen LogP contribution in [0.5, 0.6) is 11.5 Å². The molecule has 1 aliphatic heterocycles. The lowest BCUT2D eigenvalue weighted by Crippen LogP contribution is -2.54. The largest absolute Gasteiger partial charge is 0.493 e. The maximum absolute atomic E-state index is 13.0. The molecule has 1 saturated heterocycles. The molecule has 0 radical (unpaired) electrons. The van der Waals surface area contributed by atoms with E-state index in [0.29, 0.717) is 10.0 Å². The number of aliphatic carboxylic acids is 1. The molecule has 1 heterocycles. The molecule has 0 atom stereocenters. The highest BCUT2D eigenvalue weighted by Crippen LogP contribution is 2.35. The highest BCUT2D eigenvalue weighted by Gasteiger charge is 2.37. The normalized spacial score (nSPS) is 15.1. The van der Waals surface area contributed by atoms with Gasteiger partial charge in [0.15, 0.2) is 18.1 Å². The molecule has 11 heteroatoms. The molecule has 1 aliphatic rings. The van der Waals surface area contributed by atoms with E-state index in [2.05, 4.69) is 37.2 Å². The van der Waals surface area contributed by atoms with Crippen LogP contribution in [0.4, 0.5) is 10.5 Å². The molecule has 0 saturated carbocycles. The average Bonchev–Trinajstić information content (AvgIpc) is 2.71. The Morgan fingerprint density at radius 2 is 1.81 bits per heavy atom. The van der Waals surface area contributed by atoms with Crippen molar-refractivity contribution in [3.8, 4) is 11.5 Å². The predicted octanol–water partition coefficient (Wildman–Crippen LogP) is 3.35. The summed E-state index contributed by atoms with van der Waals surface area (Å²) in [6.07, 6.45) is 1.30. The van der Waals surface area contributed by atoms with Crippen molar-refractivity contribution in [1.82, 2.24) is 5.32 Å². The quantitative estimate of drug-likeness (QED) is 0.415. The fourth-order valence-electron chi connectivity index (χ4n) is 2.71. The Balaban J connectivity index is 2.00. The van der Waals surface area contributed by atoms with Gasteiger partial charge in [-0.3, -0.25) is 14.9 Å². The van der Waals surface area contributed by atoms with Gasteiger partial charge in [-0.05, 0) is 48.0 Å². The number of nitrogens with zero attached hydrogens (tertiary/aromatic N) is 1. The average molecular weight is 554 g/mol. The van der Waals surface area contributed by atoms with Gasteiger partial charge in [0, 0.05) is 8.95 Å². The van der Waals surface area contributed by atoms with E-state index < -0.39 is 30.4 Å². The van der Waals surface area contributed by atoms with E-state index in [1.807, 2.05) is 0 Å². The molecule has 2 aromatic rings. The van der Waals surface area contributed by atoms with Crippen LogP contribution in [0.1, 0.15) is 5.56 Å². The van der Waals surface area contributed by atoms with Crippen LogP contribution >= 0.6 is 31.9 Å². The number of nitrogens with one attached hydrogen (secondary N) is 1. The summed E-state index contributed by atoms with van der Waals surface area (Å²) in [5.41, 5.74) is 0.394. The molecule has 2 aromatic carbocycles. The van der Waals surface area contributed by atoms with Crippen LogP contribution in [0.15, 0.2) is 50.9 Å². The lowest BCUT2D eigenvalue weighted by Gasteiger charge is -2.26. The summed E-state index contributed by atoms with van der Waals surface area (Å²) in [4.78, 5) is 49.2. The van der Waals surface area contributed by atoms with Crippen LogP contribution in [0.3, 0.4) is 0 Å². The molecule has 160 valence electrons. The minimum absolute atomic E-state index is 0.157. The summed E-state index contributed by atoms with van der Waals surface area (Å²) < 4.78 is 11.6. The number of hydrogen-bond acceptors (Lipinski definition) is 6. The zero-order valence-corrected chi connectivity index (χ0v) is 19.0. The van der Waals surface area contributed by atoms with Crippen molar-refractivity contribution in [3.63, 3.8) is 0 Å². The molecule has 4 amide bonds. The fraction of sp³-hybridized carbons (Fsp3) is 0.100. The number of urea groups is 1. The minimum Gasteiger partial charge on any atom is -0.493 e. The van der Waals surface area contributed by atoms with Crippen LogP contribution in [-0.2, 0) is 14.4 Å². The smallest absolute Gasteiger partial charge is 0.341 e. The summed E-state index contributed by atoms with van der Waals surface area (Å²) in [6.45, 7) is -0.575. The summed E-state index contributed by atoms with van der Waals surface area (Å²) in [7, 11) is 1.36. The Morgan fingerprint density at radius 3 is 2.42 bits per heavy atom. The first-order chi connectivity index (χ1) is 14.7. The Hall–Kier alpha value is -3.18. The number of hydrogen-bond donors (Lipinski definition) is 2. The third-order valence-electron chi connectivity index (χ3n) is 4.12. The van der Waals surface area contributed by atoms with E-state index in [-0.39, 0.29) is 22.8 Å². The van der Waals surface area contributed by atoms with E-state index >= 15 is 0 Å². The number of anilines is 1. The number of carboxylic acids is 1. The van der Waals surface area contributed by atoms with Gasteiger partial charge in [-0.2, -0.15) is 0 Å². The van der Waals surface area contributed by atoms with Crippen molar-refractivity contribution in [2.45, 2.75) is 0 Å². The van der Waals surface area contributed by atoms with Crippen molar-refractivity contribution in [2.24, 2.45) is 0 Å². The van der Waals surface area contributed by atoms with Gasteiger partial charge < -0.3 is 14.6 Å². The number of barbiturate groups is 1. The molecule has 0 bridgehead atoms. The lowest BCUT2D eigenvalue weighted by atomic mass is 10.1. The highest BCUT2D eigenvalue weighted by molar-refractivity contribution is 9.10. The number of halogens is 2. The molecule has 9 nitrogen and oxygen atoms in total. The number of benzene rings is 2. The lowest BCUT2D eigenvalue weighted by molar-refractivity contribution is -0.139. The molecular weight excluding hydrogens is 540 g/mol. The van der Waals surface area contributed by atoms with Gasteiger partial charge in [0.25, 0.3) is 11.8 Å². The topological polar surface area (TPSA) is 122 Å². The number of carboxylic acid groups (broad SMARTS) is 1. The molecule has 0 spiro atoms. The van der Waals surface area contributed by atoms with Crippen LogP contribution in [0.2, 0.25) is 0 Å². The minimum atomic E-state index is -1.16. The molecular formula is C20H14Br2N2O7. The maximum Gasteiger partial charge on any atom is 0.341 e. The number of methoxy groups -OCH3 is 1. The summed E-state index contributed by atoms with van der Waals surface area (Å²) >= 11 is 6.59. The van der Waals surface area contributed by atoms with Gasteiger partial charge in [0.1, 0.15) is 5.57 Å². The zero-order valence-electron chi connectivity index (χ0n) is 15.8. The van der Waals surface area contributed by atoms with Crippen LogP contribution in [0.25, 0.3) is 6.08 Å². The van der Waals surface area contributed by atoms with Gasteiger partial charge in [0.05, 0.1) is 12.8 Å². The Kier molecular flexibility index (Phi) is 6.76. The number of carbonyl (C=O) groups is 4. The second-order valence-electron chi connectivity index (χ2n) is 6.14. The summed E-state index contributed by atoms with van der Waals surface area (Å²) in [5, 5.41) is 10.9. The van der Waals surface area contributed by atoms with Gasteiger partial charge in [-0.25, -0.2) is 14.5 Å². The Morgan fingerprint density at radius 1 is 1.13 bits per heavy atom. The highest BCUT2D eigenvalue weighted by atomic mass is 79.9. The second kappa shape index (κ2) is 9.31. The van der Waals surface area contributed by atoms with Crippen molar-refractivity contribution < 1.29 is 33.8 Å². The summed E-state index contributed by atoms with van der Waals surface area (Å²) in [5.74, 6) is -2.45. The van der Waals surface area contributed by atoms with Gasteiger partial charge >= 0.3 is 12.0 Å². The number of ether oxygens (including phenoxy) is 2. The van der Waals surface area contributed by atoms with E-state index in [0.717, 1.165) is 9.37 Å². The van der Waals surface area contributed by atoms with Crippen LogP contribution in [0, 0.1) is 0 Å². The molecule has 0 unspecified atom stereocenters. The first-order valence-corrected chi connectivity index (χ1v) is 10.2. The molecule has 2 N–H and O–H groups in total. The first kappa shape index (κ1) is 22.5. The zero-order chi connectivity index (χ0) is 22.7. The maximum atomic E-state index is 13.0. The molecule has 3 rings (SSSR count). The van der Waals surface area contributed by atoms with Crippen molar-refractivity contribution in [3.05, 3.63) is 56.5 Å². The van der Waals surface area contributed by atoms with E-state index in [4.69, 9.17) is 14.6 Å². The van der Waals surface area contributed by atoms with Crippen LogP contribution in [-0.4, -0.2) is 42.6 Å². The van der Waals surface area contributed by atoms with Crippen molar-refractivity contribution >= 4 is 67.4 Å². The molecule has 0 aromatic heterocycles. The van der Waals surface area contributed by atoms with Crippen LogP contribution < -0.4 is 19.7 Å². The fourth-order valence-corrected chi connectivity index (χ4v) is 3.41. The Labute approximate surface area is 192 Å². The van der Waals surface area contributed by atoms with Crippen molar-refractivity contribution in [1.29, 1.82) is 0 Å². The SMILES string of the molecule is COc1cc(/C=C2\C(=O)NC(=O)N(c3ccc(Br)cc3)C2=O)c(Br)cc1OCC(=O)O. The van der Waals surface area contributed by atoms with E-state index in [1.54, 1.807) is 24.3 Å². The number of amides is 4. The number of carbonyl (C=O) groups excluding carboxylic acids is 3. The molecule has 1 fully saturated rings. The van der Waals surface area contributed by atoms with Gasteiger partial charge in [-0.1, -0.05) is 31.9 Å². The van der Waals surface area contributed by atoms with E-state index in [9.17, 15) is 19.2 Å². The summed E-state index contributed by atoms with van der Waals surface area (Å²) in [6, 6.07) is 8.50. The number of rotatable bonds is 6. The standard InChI is InChI=1S/C20H14Br2N2O7/c1-30-15-7-10(14(22)8-16(15)31-9-17(25)26)6-13-18(27)23-20(29)24(19(13)28)12-4-2-11(21)3-5-12/h2-8H,9H2,1H3,(H,25,26)(H,23,27,29)/b13-6+.